The number of likely N-dealkylation sites (N-methyl/N-ethyl adjacent to an activating group) is 1. The molecule has 0 saturated heterocycles. The second-order valence-corrected chi connectivity index (χ2v) is 16.6. The summed E-state index contributed by atoms with van der Waals surface area (Å²) >= 11 is 0. The Morgan fingerprint density at radius 3 is 0.907 bits per heavy atom. The Morgan fingerprint density at radius 1 is 0.463 bits per heavy atom. The lowest BCUT2D eigenvalue weighted by Gasteiger charge is -2.33. The Morgan fingerprint density at radius 2 is 0.685 bits per heavy atom. The Hall–Kier alpha value is -1.27. The predicted molar refractivity (Wildman–Crippen MR) is 219 cm³/mol. The van der Waals surface area contributed by atoms with E-state index in [1.165, 1.54) is 167 Å². The minimum atomic E-state index is -5.17. The van der Waals surface area contributed by atoms with Gasteiger partial charge in [0.1, 0.15) is 32.8 Å². The lowest BCUT2D eigenvalue weighted by Crippen LogP contribution is -2.50. The van der Waals surface area contributed by atoms with Gasteiger partial charge in [0, 0.05) is 23.2 Å². The van der Waals surface area contributed by atoms with E-state index >= 15 is 0 Å². The minimum Gasteiger partial charge on any atom is -0.759 e. The van der Waals surface area contributed by atoms with Crippen LogP contribution in [0.5, 0.6) is 0 Å². The standard InChI is InChI=1S/C43H86NO5.H2O4S/c1-4-6-8-10-12-14-16-18-20-22-24-26-28-30-32-34-42(46)48-40-37-44(3,36-39-45)38-41-49-43(47)35-33-31-29-27-25-23-21-19-17-15-13-11-9-7-5-2;1-5(2,3)4/h45H,4-41H2,1-3H3;(H2,1,2,3,4)/q+1;/p-2. The fourth-order valence-corrected chi connectivity index (χ4v) is 6.76. The summed E-state index contributed by atoms with van der Waals surface area (Å²) in [5, 5.41) is 9.59. The first-order chi connectivity index (χ1) is 26.0. The highest BCUT2D eigenvalue weighted by molar-refractivity contribution is 7.79. The van der Waals surface area contributed by atoms with Crippen LogP contribution in [-0.2, 0) is 29.5 Å². The number of esters is 2. The van der Waals surface area contributed by atoms with Crippen LogP contribution in [0.25, 0.3) is 0 Å². The molecule has 0 aromatic carbocycles. The lowest BCUT2D eigenvalue weighted by molar-refractivity contribution is -0.910. The first-order valence-electron chi connectivity index (χ1n) is 22.4. The van der Waals surface area contributed by atoms with Gasteiger partial charge in [-0.3, -0.25) is 18.0 Å². The zero-order chi connectivity index (χ0) is 40.4. The van der Waals surface area contributed by atoms with Gasteiger partial charge in [0.2, 0.25) is 0 Å². The van der Waals surface area contributed by atoms with Crippen molar-refractivity contribution < 1.29 is 46.2 Å². The summed E-state index contributed by atoms with van der Waals surface area (Å²) in [5.41, 5.74) is 0. The zero-order valence-corrected chi connectivity index (χ0v) is 36.3. The number of aliphatic hydroxyl groups excluding tert-OH is 1. The van der Waals surface area contributed by atoms with Gasteiger partial charge in [-0.15, -0.1) is 0 Å². The molecule has 0 saturated carbocycles. The van der Waals surface area contributed by atoms with Gasteiger partial charge < -0.3 is 28.2 Å². The molecule has 10 nitrogen and oxygen atoms in total. The SMILES string of the molecule is CCCCCCCCCCCCCCCCCC(=O)OCC[N+](C)(CCO)CCOC(=O)CCCCCCCCCCCCCCCCC.O=S(=O)([O-])[O-]. The number of carbonyl (C=O) groups excluding carboxylic acids is 2. The van der Waals surface area contributed by atoms with Crippen LogP contribution in [0.4, 0.5) is 0 Å². The van der Waals surface area contributed by atoms with Crippen molar-refractivity contribution >= 4 is 22.3 Å². The molecular formula is C43H86NO9S-. The van der Waals surface area contributed by atoms with E-state index in [1.807, 2.05) is 7.05 Å². The average molecular weight is 793 g/mol. The van der Waals surface area contributed by atoms with Crippen molar-refractivity contribution in [3.63, 3.8) is 0 Å². The van der Waals surface area contributed by atoms with E-state index in [4.69, 9.17) is 27.0 Å². The van der Waals surface area contributed by atoms with Crippen LogP contribution >= 0.6 is 0 Å². The molecule has 0 unspecified atom stereocenters. The molecule has 0 heterocycles. The zero-order valence-electron chi connectivity index (χ0n) is 35.4. The highest BCUT2D eigenvalue weighted by Gasteiger charge is 2.22. The van der Waals surface area contributed by atoms with Crippen molar-refractivity contribution in [2.75, 3.05) is 46.5 Å². The van der Waals surface area contributed by atoms with E-state index in [1.54, 1.807) is 0 Å². The normalized spacial score (nSPS) is 11.7. The number of quaternary nitrogens is 1. The number of aliphatic hydroxyl groups is 1. The summed E-state index contributed by atoms with van der Waals surface area (Å²) < 4.78 is 45.7. The number of carbonyl (C=O) groups is 2. The van der Waals surface area contributed by atoms with Crippen molar-refractivity contribution in [2.24, 2.45) is 0 Å². The van der Waals surface area contributed by atoms with E-state index < -0.39 is 10.4 Å². The average Bonchev–Trinajstić information content (AvgIpc) is 3.11. The molecule has 0 spiro atoms. The summed E-state index contributed by atoms with van der Waals surface area (Å²) in [6, 6.07) is 0. The quantitative estimate of drug-likeness (QED) is 0.0210. The Bertz CT molecular complexity index is 857. The number of ether oxygens (including phenoxy) is 2. The Balaban J connectivity index is 0. The number of rotatable bonds is 40. The van der Waals surface area contributed by atoms with E-state index in [0.29, 0.717) is 50.2 Å². The molecule has 0 aliphatic carbocycles. The van der Waals surface area contributed by atoms with Crippen LogP contribution in [0.1, 0.15) is 219 Å². The van der Waals surface area contributed by atoms with Crippen molar-refractivity contribution in [1.82, 2.24) is 0 Å². The van der Waals surface area contributed by atoms with Gasteiger partial charge in [-0.1, -0.05) is 194 Å². The number of nitrogens with zero attached hydrogens (tertiary/aromatic N) is 1. The molecule has 1 N–H and O–H groups in total. The molecule has 0 aromatic rings. The van der Waals surface area contributed by atoms with Gasteiger partial charge in [0.05, 0.1) is 13.7 Å². The third kappa shape index (κ3) is 48.7. The first kappa shape index (κ1) is 54.8. The molecule has 0 rings (SSSR count). The maximum atomic E-state index is 12.3. The molecule has 0 fully saturated rings. The smallest absolute Gasteiger partial charge is 0.305 e. The molecule has 0 aromatic heterocycles. The van der Waals surface area contributed by atoms with Crippen LogP contribution in [0.15, 0.2) is 0 Å². The van der Waals surface area contributed by atoms with Crippen molar-refractivity contribution in [1.29, 1.82) is 0 Å². The number of hydrogen-bond acceptors (Lipinski definition) is 9. The topological polar surface area (TPSA) is 153 Å². The molecule has 0 atom stereocenters. The summed E-state index contributed by atoms with van der Waals surface area (Å²) in [6.45, 7) is 7.05. The molecule has 0 radical (unpaired) electrons. The lowest BCUT2D eigenvalue weighted by atomic mass is 10.0. The molecule has 0 bridgehead atoms. The second kappa shape index (κ2) is 41.4. The summed E-state index contributed by atoms with van der Waals surface area (Å²) in [5.74, 6) is -0.250. The second-order valence-electron chi connectivity index (χ2n) is 15.8. The van der Waals surface area contributed by atoms with E-state index in [-0.39, 0.29) is 18.5 Å². The van der Waals surface area contributed by atoms with Crippen molar-refractivity contribution in [3.8, 4) is 0 Å². The molecule has 324 valence electrons. The van der Waals surface area contributed by atoms with E-state index in [9.17, 15) is 14.7 Å². The van der Waals surface area contributed by atoms with Gasteiger partial charge in [-0.05, 0) is 12.8 Å². The van der Waals surface area contributed by atoms with E-state index in [2.05, 4.69) is 13.8 Å². The van der Waals surface area contributed by atoms with Crippen LogP contribution in [0.3, 0.4) is 0 Å². The van der Waals surface area contributed by atoms with E-state index in [0.717, 1.165) is 25.7 Å². The fraction of sp³-hybridized carbons (Fsp3) is 0.953. The van der Waals surface area contributed by atoms with Gasteiger partial charge in [-0.25, -0.2) is 0 Å². The Labute approximate surface area is 333 Å². The molecule has 0 amide bonds. The maximum Gasteiger partial charge on any atom is 0.305 e. The van der Waals surface area contributed by atoms with Gasteiger partial charge in [0.15, 0.2) is 0 Å². The highest BCUT2D eigenvalue weighted by atomic mass is 32.3. The minimum absolute atomic E-state index is 0.0522. The van der Waals surface area contributed by atoms with Crippen LogP contribution in [0.2, 0.25) is 0 Å². The third-order valence-corrected chi connectivity index (χ3v) is 10.4. The summed E-state index contributed by atoms with van der Waals surface area (Å²) in [7, 11) is -3.14. The van der Waals surface area contributed by atoms with Gasteiger partial charge >= 0.3 is 11.9 Å². The van der Waals surface area contributed by atoms with Crippen LogP contribution in [0, 0.1) is 0 Å². The predicted octanol–water partition coefficient (Wildman–Crippen LogP) is 10.7. The van der Waals surface area contributed by atoms with Gasteiger partial charge in [0.25, 0.3) is 0 Å². The van der Waals surface area contributed by atoms with Crippen molar-refractivity contribution in [3.05, 3.63) is 0 Å². The summed E-state index contributed by atoms with van der Waals surface area (Å²) in [6.07, 6.45) is 40.3. The molecular weight excluding hydrogens is 707 g/mol. The molecule has 54 heavy (non-hydrogen) atoms. The molecule has 11 heteroatoms. The van der Waals surface area contributed by atoms with Crippen LogP contribution < -0.4 is 0 Å². The molecule has 0 aliphatic heterocycles. The number of unbranched alkanes of at least 4 members (excludes halogenated alkanes) is 28. The van der Waals surface area contributed by atoms with Crippen LogP contribution in [-0.4, -0.2) is 85.6 Å². The highest BCUT2D eigenvalue weighted by Crippen LogP contribution is 2.16. The number of hydrogen-bond donors (Lipinski definition) is 1. The third-order valence-electron chi connectivity index (χ3n) is 10.4. The fourth-order valence-electron chi connectivity index (χ4n) is 6.76. The largest absolute Gasteiger partial charge is 0.759 e. The van der Waals surface area contributed by atoms with Crippen molar-refractivity contribution in [2.45, 2.75) is 219 Å². The summed E-state index contributed by atoms with van der Waals surface area (Å²) in [4.78, 5) is 24.5. The molecule has 0 aliphatic rings. The van der Waals surface area contributed by atoms with Gasteiger partial charge in [-0.2, -0.15) is 0 Å². The first-order valence-corrected chi connectivity index (χ1v) is 23.7. The monoisotopic (exact) mass is 793 g/mol. The maximum absolute atomic E-state index is 12.3. The Kier molecular flexibility index (Phi) is 42.0.